The first-order chi connectivity index (χ1) is 13.7. The van der Waals surface area contributed by atoms with Crippen LogP contribution in [0.5, 0.6) is 5.75 Å². The maximum absolute atomic E-state index is 12.3. The van der Waals surface area contributed by atoms with Crippen molar-refractivity contribution >= 4 is 46.3 Å². The fourth-order valence-electron chi connectivity index (χ4n) is 2.33. The number of amides is 2. The molecule has 0 aromatic heterocycles. The number of esters is 1. The number of nitrogens with one attached hydrogen (secondary N) is 1. The Labute approximate surface area is 165 Å². The van der Waals surface area contributed by atoms with Crippen LogP contribution in [-0.2, 0) is 4.79 Å². The van der Waals surface area contributed by atoms with Gasteiger partial charge in [0, 0.05) is 12.1 Å². The molecule has 0 atom stereocenters. The van der Waals surface area contributed by atoms with Crippen LogP contribution in [0.1, 0.15) is 15.9 Å². The summed E-state index contributed by atoms with van der Waals surface area (Å²) in [5, 5.41) is 23.5. The number of ether oxygens (including phenoxy) is 1. The maximum atomic E-state index is 12.3. The van der Waals surface area contributed by atoms with Crippen molar-refractivity contribution in [2.45, 2.75) is 0 Å². The van der Waals surface area contributed by atoms with E-state index in [1.807, 2.05) is 0 Å². The molecule has 1 aliphatic rings. The lowest BCUT2D eigenvalue weighted by Crippen LogP contribution is -2.17. The largest absolute Gasteiger partial charge is 0.423 e. The average molecular weight is 415 g/mol. The van der Waals surface area contributed by atoms with Crippen molar-refractivity contribution in [2.75, 3.05) is 0 Å². The van der Waals surface area contributed by atoms with Crippen molar-refractivity contribution in [2.24, 2.45) is 0 Å². The van der Waals surface area contributed by atoms with Gasteiger partial charge in [0.05, 0.1) is 26.4 Å². The lowest BCUT2D eigenvalue weighted by molar-refractivity contribution is -0.394. The van der Waals surface area contributed by atoms with Crippen molar-refractivity contribution in [3.8, 4) is 5.75 Å². The molecule has 0 aliphatic carbocycles. The highest BCUT2D eigenvalue weighted by Gasteiger charge is 2.25. The summed E-state index contributed by atoms with van der Waals surface area (Å²) in [6.07, 6.45) is 1.42. The third kappa shape index (κ3) is 4.62. The van der Waals surface area contributed by atoms with Crippen LogP contribution in [0.4, 0.5) is 16.2 Å². The van der Waals surface area contributed by atoms with Gasteiger partial charge in [-0.3, -0.25) is 35.1 Å². The molecule has 1 aliphatic heterocycles. The minimum atomic E-state index is -1.04. The summed E-state index contributed by atoms with van der Waals surface area (Å²) >= 11 is 0.720. The van der Waals surface area contributed by atoms with E-state index in [1.54, 1.807) is 6.07 Å². The van der Waals surface area contributed by atoms with Gasteiger partial charge in [-0.05, 0) is 35.5 Å². The molecule has 2 aromatic rings. The molecule has 0 saturated carbocycles. The van der Waals surface area contributed by atoms with Crippen LogP contribution < -0.4 is 10.1 Å². The molecule has 11 nitrogen and oxygen atoms in total. The predicted molar refractivity (Wildman–Crippen MR) is 100 cm³/mol. The highest BCUT2D eigenvalue weighted by atomic mass is 32.2. The van der Waals surface area contributed by atoms with Gasteiger partial charge in [-0.2, -0.15) is 0 Å². The number of non-ortho nitro benzene ring substituents is 2. The normalized spacial score (nSPS) is 14.6. The van der Waals surface area contributed by atoms with Crippen LogP contribution in [0.2, 0.25) is 0 Å². The SMILES string of the molecule is O=C1NC(=O)/C(=C/c2cccc(OC(=O)c3cc([N+](=O)[O-])cc([N+](=O)[O-])c3)c2)S1. The standard InChI is InChI=1S/C17H9N3O8S/c21-15-14(29-17(23)18-15)5-9-2-1-3-13(4-9)28-16(22)10-6-11(19(24)25)8-12(7-10)20(26)27/h1-8H,(H,18,21,23)/b14-5-. The lowest BCUT2D eigenvalue weighted by atomic mass is 10.1. The minimum Gasteiger partial charge on any atom is -0.423 e. The van der Waals surface area contributed by atoms with Crippen molar-refractivity contribution in [1.29, 1.82) is 0 Å². The summed E-state index contributed by atoms with van der Waals surface area (Å²) in [6, 6.07) is 8.39. The Morgan fingerprint density at radius 2 is 1.69 bits per heavy atom. The van der Waals surface area contributed by atoms with Gasteiger partial charge in [-0.1, -0.05) is 12.1 Å². The van der Waals surface area contributed by atoms with Gasteiger partial charge in [0.15, 0.2) is 0 Å². The molecule has 0 bridgehead atoms. The zero-order chi connectivity index (χ0) is 21.1. The molecule has 29 heavy (non-hydrogen) atoms. The number of nitro groups is 2. The fraction of sp³-hybridized carbons (Fsp3) is 0. The van der Waals surface area contributed by atoms with Gasteiger partial charge in [-0.25, -0.2) is 4.79 Å². The Kier molecular flexibility index (Phi) is 5.36. The zero-order valence-corrected chi connectivity index (χ0v) is 15.0. The second-order valence-electron chi connectivity index (χ2n) is 5.57. The molecule has 1 saturated heterocycles. The Balaban J connectivity index is 1.85. The van der Waals surface area contributed by atoms with E-state index in [0.29, 0.717) is 5.56 Å². The van der Waals surface area contributed by atoms with Crippen LogP contribution in [0.15, 0.2) is 47.4 Å². The van der Waals surface area contributed by atoms with Crippen LogP contribution >= 0.6 is 11.8 Å². The van der Waals surface area contributed by atoms with Gasteiger partial charge in [0.2, 0.25) is 0 Å². The molecule has 3 rings (SSSR count). The van der Waals surface area contributed by atoms with E-state index in [2.05, 4.69) is 5.32 Å². The molecule has 12 heteroatoms. The summed E-state index contributed by atoms with van der Waals surface area (Å²) in [6.45, 7) is 0. The number of benzene rings is 2. The Morgan fingerprint density at radius 3 is 2.24 bits per heavy atom. The first-order valence-electron chi connectivity index (χ1n) is 7.74. The second kappa shape index (κ2) is 7.90. The molecular weight excluding hydrogens is 406 g/mol. The van der Waals surface area contributed by atoms with Gasteiger partial charge in [0.1, 0.15) is 5.75 Å². The Hall–Kier alpha value is -4.06. The molecule has 2 aromatic carbocycles. The molecule has 0 unspecified atom stereocenters. The van der Waals surface area contributed by atoms with Crippen molar-refractivity contribution < 1.29 is 29.0 Å². The summed E-state index contributed by atoms with van der Waals surface area (Å²) < 4.78 is 5.14. The molecule has 146 valence electrons. The van der Waals surface area contributed by atoms with Crippen LogP contribution in [0.3, 0.4) is 0 Å². The van der Waals surface area contributed by atoms with E-state index < -0.39 is 38.3 Å². The molecule has 0 spiro atoms. The predicted octanol–water partition coefficient (Wildman–Crippen LogP) is 3.05. The molecule has 1 fully saturated rings. The van der Waals surface area contributed by atoms with Crippen LogP contribution in [0, 0.1) is 20.2 Å². The van der Waals surface area contributed by atoms with Crippen molar-refractivity contribution in [1.82, 2.24) is 5.32 Å². The topological polar surface area (TPSA) is 159 Å². The third-order valence-electron chi connectivity index (χ3n) is 3.57. The third-order valence-corrected chi connectivity index (χ3v) is 4.38. The molecule has 1 N–H and O–H groups in total. The number of carbonyl (C=O) groups is 3. The van der Waals surface area contributed by atoms with Gasteiger partial charge in [0.25, 0.3) is 22.5 Å². The number of carbonyl (C=O) groups excluding carboxylic acids is 3. The van der Waals surface area contributed by atoms with E-state index in [1.165, 1.54) is 24.3 Å². The van der Waals surface area contributed by atoms with Crippen LogP contribution in [-0.4, -0.2) is 27.0 Å². The lowest BCUT2D eigenvalue weighted by Gasteiger charge is -2.06. The van der Waals surface area contributed by atoms with Gasteiger partial charge < -0.3 is 4.74 Å². The maximum Gasteiger partial charge on any atom is 0.344 e. The number of nitro benzene ring substituents is 2. The number of hydrogen-bond acceptors (Lipinski definition) is 9. The number of imide groups is 1. The average Bonchev–Trinajstić information content (AvgIpc) is 2.98. The highest BCUT2D eigenvalue weighted by molar-refractivity contribution is 8.18. The Bertz CT molecular complexity index is 1080. The number of hydrogen-bond donors (Lipinski definition) is 1. The monoisotopic (exact) mass is 415 g/mol. The molecule has 0 radical (unpaired) electrons. The van der Waals surface area contributed by atoms with E-state index in [0.717, 1.165) is 30.0 Å². The second-order valence-corrected chi connectivity index (χ2v) is 6.58. The number of rotatable bonds is 5. The first-order valence-corrected chi connectivity index (χ1v) is 8.55. The Morgan fingerprint density at radius 1 is 1.03 bits per heavy atom. The zero-order valence-electron chi connectivity index (χ0n) is 14.2. The molecule has 1 heterocycles. The summed E-state index contributed by atoms with van der Waals surface area (Å²) in [4.78, 5) is 55.4. The van der Waals surface area contributed by atoms with Crippen LogP contribution in [0.25, 0.3) is 6.08 Å². The van der Waals surface area contributed by atoms with Crippen molar-refractivity contribution in [3.63, 3.8) is 0 Å². The van der Waals surface area contributed by atoms with E-state index in [4.69, 9.17) is 4.74 Å². The quantitative estimate of drug-likeness (QED) is 0.254. The summed E-state index contributed by atoms with van der Waals surface area (Å²) in [7, 11) is 0. The van der Waals surface area contributed by atoms with Crippen molar-refractivity contribution in [3.05, 3.63) is 78.7 Å². The first kappa shape index (κ1) is 19.7. The molecular formula is C17H9N3O8S. The van der Waals surface area contributed by atoms with Gasteiger partial charge >= 0.3 is 5.97 Å². The number of nitrogens with zero attached hydrogens (tertiary/aromatic N) is 2. The minimum absolute atomic E-state index is 0.0354. The van der Waals surface area contributed by atoms with E-state index >= 15 is 0 Å². The van der Waals surface area contributed by atoms with E-state index in [-0.39, 0.29) is 16.2 Å². The summed E-state index contributed by atoms with van der Waals surface area (Å²) in [5.41, 5.74) is -1.17. The fourth-order valence-corrected chi connectivity index (χ4v) is 3.01. The van der Waals surface area contributed by atoms with Gasteiger partial charge in [-0.15, -0.1) is 0 Å². The smallest absolute Gasteiger partial charge is 0.344 e. The number of thioether (sulfide) groups is 1. The van der Waals surface area contributed by atoms with E-state index in [9.17, 15) is 34.6 Å². The highest BCUT2D eigenvalue weighted by Crippen LogP contribution is 2.27. The molecule has 2 amide bonds. The summed E-state index contributed by atoms with van der Waals surface area (Å²) in [5.74, 6) is -1.55.